The molecular formula is C10H12N2O. The Hall–Kier alpha value is -1.38. The number of nitrogens with zero attached hydrogens (tertiary/aromatic N) is 2. The van der Waals surface area contributed by atoms with Crippen LogP contribution in [0, 0.1) is 0 Å². The van der Waals surface area contributed by atoms with Crippen molar-refractivity contribution in [1.29, 1.82) is 0 Å². The second-order valence-electron chi connectivity index (χ2n) is 3.24. The first-order chi connectivity index (χ1) is 6.29. The Kier molecular flexibility index (Phi) is 2.00. The largest absolute Gasteiger partial charge is 0.311 e. The van der Waals surface area contributed by atoms with E-state index in [2.05, 4.69) is 4.98 Å². The normalized spacial score (nSPS) is 15.3. The lowest BCUT2D eigenvalue weighted by molar-refractivity contribution is -0.116. The monoisotopic (exact) mass is 176 g/mol. The maximum atomic E-state index is 11.3. The molecule has 0 saturated heterocycles. The van der Waals surface area contributed by atoms with Gasteiger partial charge >= 0.3 is 0 Å². The number of aromatic nitrogens is 1. The first-order valence-corrected chi connectivity index (χ1v) is 4.51. The Morgan fingerprint density at radius 3 is 3.23 bits per heavy atom. The summed E-state index contributed by atoms with van der Waals surface area (Å²) < 4.78 is 0. The molecule has 0 fully saturated rings. The van der Waals surface area contributed by atoms with Crippen LogP contribution < -0.4 is 4.90 Å². The molecule has 2 rings (SSSR count). The van der Waals surface area contributed by atoms with Gasteiger partial charge < -0.3 is 4.90 Å². The molecule has 1 aliphatic rings. The van der Waals surface area contributed by atoms with Crippen molar-refractivity contribution < 1.29 is 4.79 Å². The summed E-state index contributed by atoms with van der Waals surface area (Å²) in [6.07, 6.45) is 3.78. The summed E-state index contributed by atoms with van der Waals surface area (Å²) in [5.41, 5.74) is 2.03. The smallest absolute Gasteiger partial charge is 0.223 e. The minimum atomic E-state index is 0.106. The zero-order valence-electron chi connectivity index (χ0n) is 7.66. The van der Waals surface area contributed by atoms with Gasteiger partial charge in [-0.05, 0) is 25.0 Å². The highest BCUT2D eigenvalue weighted by atomic mass is 16.2. The summed E-state index contributed by atoms with van der Waals surface area (Å²) in [5.74, 6) is 0.106. The maximum absolute atomic E-state index is 11.3. The van der Waals surface area contributed by atoms with Crippen molar-refractivity contribution in [3.8, 4) is 0 Å². The van der Waals surface area contributed by atoms with Crippen LogP contribution in [0.5, 0.6) is 0 Å². The molecular weight excluding hydrogens is 164 g/mol. The van der Waals surface area contributed by atoms with E-state index in [1.807, 2.05) is 12.1 Å². The average Bonchev–Trinajstić information content (AvgIpc) is 2.17. The summed E-state index contributed by atoms with van der Waals surface area (Å²) in [6, 6.07) is 3.84. The minimum Gasteiger partial charge on any atom is -0.311 e. The summed E-state index contributed by atoms with van der Waals surface area (Å²) in [4.78, 5) is 17.3. The van der Waals surface area contributed by atoms with Gasteiger partial charge in [-0.2, -0.15) is 0 Å². The highest BCUT2D eigenvalue weighted by molar-refractivity contribution is 5.92. The fourth-order valence-electron chi connectivity index (χ4n) is 1.72. The number of aryl methyl sites for hydroxylation is 1. The topological polar surface area (TPSA) is 33.2 Å². The summed E-state index contributed by atoms with van der Waals surface area (Å²) in [7, 11) is 0. The summed E-state index contributed by atoms with van der Waals surface area (Å²) >= 11 is 0. The molecule has 2 heterocycles. The molecule has 0 N–H and O–H groups in total. The maximum Gasteiger partial charge on any atom is 0.223 e. The number of carbonyl (C=O) groups is 1. The van der Waals surface area contributed by atoms with E-state index < -0.39 is 0 Å². The lowest BCUT2D eigenvalue weighted by Gasteiger charge is -2.27. The van der Waals surface area contributed by atoms with Crippen LogP contribution in [-0.2, 0) is 11.2 Å². The molecule has 0 radical (unpaired) electrons. The summed E-state index contributed by atoms with van der Waals surface area (Å²) in [5, 5.41) is 0. The van der Waals surface area contributed by atoms with Crippen LogP contribution in [0.15, 0.2) is 18.3 Å². The van der Waals surface area contributed by atoms with Crippen LogP contribution in [0.2, 0.25) is 0 Å². The predicted octanol–water partition coefficient (Wildman–Crippen LogP) is 1.38. The van der Waals surface area contributed by atoms with Gasteiger partial charge in [0.05, 0.1) is 11.4 Å². The minimum absolute atomic E-state index is 0.106. The van der Waals surface area contributed by atoms with Gasteiger partial charge in [0.15, 0.2) is 0 Å². The van der Waals surface area contributed by atoms with E-state index in [-0.39, 0.29) is 5.91 Å². The van der Waals surface area contributed by atoms with Crippen LogP contribution in [0.25, 0.3) is 0 Å². The van der Waals surface area contributed by atoms with Crippen molar-refractivity contribution >= 4 is 11.6 Å². The SMILES string of the molecule is CC(=O)N1CCCc2ncccc21. The fraction of sp³-hybridized carbons (Fsp3) is 0.400. The highest BCUT2D eigenvalue weighted by Gasteiger charge is 2.19. The molecule has 0 aliphatic carbocycles. The Balaban J connectivity index is 2.42. The molecule has 0 bridgehead atoms. The first kappa shape index (κ1) is 8.23. The molecule has 0 unspecified atom stereocenters. The zero-order chi connectivity index (χ0) is 9.26. The van der Waals surface area contributed by atoms with Gasteiger partial charge in [0.1, 0.15) is 0 Å². The Morgan fingerprint density at radius 2 is 2.46 bits per heavy atom. The number of hydrogen-bond acceptors (Lipinski definition) is 2. The van der Waals surface area contributed by atoms with Gasteiger partial charge in [0.2, 0.25) is 5.91 Å². The van der Waals surface area contributed by atoms with Gasteiger partial charge in [-0.25, -0.2) is 0 Å². The zero-order valence-corrected chi connectivity index (χ0v) is 7.66. The number of anilines is 1. The molecule has 1 amide bonds. The third-order valence-corrected chi connectivity index (χ3v) is 2.33. The second-order valence-corrected chi connectivity index (χ2v) is 3.24. The molecule has 13 heavy (non-hydrogen) atoms. The molecule has 0 spiro atoms. The van der Waals surface area contributed by atoms with Crippen LogP contribution >= 0.6 is 0 Å². The standard InChI is InChI=1S/C10H12N2O/c1-8(13)12-7-3-4-9-10(12)5-2-6-11-9/h2,5-6H,3-4,7H2,1H3. The van der Waals surface area contributed by atoms with Gasteiger partial charge in [0.25, 0.3) is 0 Å². The molecule has 0 atom stereocenters. The van der Waals surface area contributed by atoms with Gasteiger partial charge in [-0.15, -0.1) is 0 Å². The van der Waals surface area contributed by atoms with E-state index in [0.717, 1.165) is 30.8 Å². The average molecular weight is 176 g/mol. The van der Waals surface area contributed by atoms with Gasteiger partial charge in [-0.1, -0.05) is 0 Å². The van der Waals surface area contributed by atoms with Crippen molar-refractivity contribution in [2.45, 2.75) is 19.8 Å². The van der Waals surface area contributed by atoms with E-state index in [4.69, 9.17) is 0 Å². The van der Waals surface area contributed by atoms with Crippen LogP contribution in [-0.4, -0.2) is 17.4 Å². The fourth-order valence-corrected chi connectivity index (χ4v) is 1.72. The molecule has 3 heteroatoms. The van der Waals surface area contributed by atoms with Crippen molar-refractivity contribution in [3.63, 3.8) is 0 Å². The molecule has 0 aromatic carbocycles. The molecule has 1 aromatic rings. The van der Waals surface area contributed by atoms with E-state index >= 15 is 0 Å². The van der Waals surface area contributed by atoms with Crippen molar-refractivity contribution in [2.24, 2.45) is 0 Å². The Labute approximate surface area is 77.4 Å². The molecule has 1 aliphatic heterocycles. The quantitative estimate of drug-likeness (QED) is 0.598. The lowest BCUT2D eigenvalue weighted by atomic mass is 10.1. The number of fused-ring (bicyclic) bond motifs is 1. The van der Waals surface area contributed by atoms with Crippen LogP contribution in [0.3, 0.4) is 0 Å². The van der Waals surface area contributed by atoms with E-state index in [1.54, 1.807) is 18.0 Å². The molecule has 68 valence electrons. The van der Waals surface area contributed by atoms with Crippen molar-refractivity contribution in [3.05, 3.63) is 24.0 Å². The van der Waals surface area contributed by atoms with Crippen molar-refractivity contribution in [2.75, 3.05) is 11.4 Å². The summed E-state index contributed by atoms with van der Waals surface area (Å²) in [6.45, 7) is 2.43. The van der Waals surface area contributed by atoms with E-state index in [0.29, 0.717) is 0 Å². The lowest BCUT2D eigenvalue weighted by Crippen LogP contribution is -2.33. The Bertz CT molecular complexity index is 335. The number of rotatable bonds is 0. The predicted molar refractivity (Wildman–Crippen MR) is 50.6 cm³/mol. The molecule has 1 aromatic heterocycles. The van der Waals surface area contributed by atoms with E-state index in [1.165, 1.54) is 0 Å². The number of carbonyl (C=O) groups excluding carboxylic acids is 1. The van der Waals surface area contributed by atoms with Crippen LogP contribution in [0.4, 0.5) is 5.69 Å². The number of pyridine rings is 1. The third-order valence-electron chi connectivity index (χ3n) is 2.33. The van der Waals surface area contributed by atoms with Crippen LogP contribution in [0.1, 0.15) is 19.0 Å². The van der Waals surface area contributed by atoms with Gasteiger partial charge in [0, 0.05) is 19.7 Å². The highest BCUT2D eigenvalue weighted by Crippen LogP contribution is 2.24. The third kappa shape index (κ3) is 1.41. The van der Waals surface area contributed by atoms with Crippen molar-refractivity contribution in [1.82, 2.24) is 4.98 Å². The van der Waals surface area contributed by atoms with Gasteiger partial charge in [-0.3, -0.25) is 9.78 Å². The molecule has 3 nitrogen and oxygen atoms in total. The number of amides is 1. The Morgan fingerprint density at radius 1 is 1.62 bits per heavy atom. The van der Waals surface area contributed by atoms with E-state index in [9.17, 15) is 4.79 Å². The second kappa shape index (κ2) is 3.17. The molecule has 0 saturated carbocycles. The number of hydrogen-bond donors (Lipinski definition) is 0. The first-order valence-electron chi connectivity index (χ1n) is 4.51.